The van der Waals surface area contributed by atoms with Gasteiger partial charge in [-0.15, -0.1) is 0 Å². The molecule has 0 aromatic rings. The van der Waals surface area contributed by atoms with Crippen LogP contribution in [0.2, 0.25) is 0 Å². The molecule has 8 nitrogen and oxygen atoms in total. The molecule has 2 unspecified atom stereocenters. The second kappa shape index (κ2) is 43.8. The molecule has 0 aromatic heterocycles. The van der Waals surface area contributed by atoms with Crippen LogP contribution in [0.4, 0.5) is 0 Å². The Balaban J connectivity index is 4.30. The molecular formula is C52H88NO7P. The first kappa shape index (κ1) is 58.2. The molecule has 348 valence electrons. The topological polar surface area (TPSA) is 94.1 Å². The lowest BCUT2D eigenvalue weighted by Crippen LogP contribution is -2.37. The van der Waals surface area contributed by atoms with Gasteiger partial charge in [0.05, 0.1) is 34.4 Å². The van der Waals surface area contributed by atoms with Crippen LogP contribution in [-0.4, -0.2) is 70.7 Å². The number of phosphoric acid groups is 1. The van der Waals surface area contributed by atoms with Gasteiger partial charge in [-0.25, -0.2) is 0 Å². The molecule has 0 aliphatic heterocycles. The van der Waals surface area contributed by atoms with Crippen molar-refractivity contribution in [2.75, 3.05) is 54.1 Å². The van der Waals surface area contributed by atoms with Gasteiger partial charge in [0, 0.05) is 13.0 Å². The number of phosphoric ester groups is 1. The summed E-state index contributed by atoms with van der Waals surface area (Å²) in [7, 11) is 1.30. The van der Waals surface area contributed by atoms with Gasteiger partial charge in [0.25, 0.3) is 7.82 Å². The van der Waals surface area contributed by atoms with E-state index < -0.39 is 13.9 Å². The van der Waals surface area contributed by atoms with Crippen molar-refractivity contribution in [2.24, 2.45) is 0 Å². The highest BCUT2D eigenvalue weighted by Gasteiger charge is 2.20. The predicted octanol–water partition coefficient (Wildman–Crippen LogP) is 13.8. The zero-order chi connectivity index (χ0) is 44.8. The van der Waals surface area contributed by atoms with Crippen molar-refractivity contribution in [3.63, 3.8) is 0 Å². The average molecular weight is 870 g/mol. The summed E-state index contributed by atoms with van der Waals surface area (Å²) in [5.41, 5.74) is 0. The van der Waals surface area contributed by atoms with E-state index in [1.807, 2.05) is 21.1 Å². The van der Waals surface area contributed by atoms with Gasteiger partial charge in [-0.1, -0.05) is 162 Å². The summed E-state index contributed by atoms with van der Waals surface area (Å²) in [6, 6.07) is 0. The number of carbonyl (C=O) groups excluding carboxylic acids is 1. The van der Waals surface area contributed by atoms with Crippen molar-refractivity contribution in [3.8, 4) is 0 Å². The van der Waals surface area contributed by atoms with Crippen LogP contribution in [0.15, 0.2) is 109 Å². The number of nitrogens with zero attached hydrogens (tertiary/aromatic N) is 1. The van der Waals surface area contributed by atoms with Crippen molar-refractivity contribution < 1.29 is 37.3 Å². The summed E-state index contributed by atoms with van der Waals surface area (Å²) in [6.07, 6.45) is 61.1. The molecule has 61 heavy (non-hydrogen) atoms. The molecule has 0 heterocycles. The zero-order valence-corrected chi connectivity index (χ0v) is 40.2. The number of carbonyl (C=O) groups is 1. The van der Waals surface area contributed by atoms with Crippen LogP contribution in [0.1, 0.15) is 155 Å². The monoisotopic (exact) mass is 870 g/mol. The van der Waals surface area contributed by atoms with Gasteiger partial charge < -0.3 is 27.9 Å². The largest absolute Gasteiger partial charge is 0.756 e. The molecule has 0 fully saturated rings. The van der Waals surface area contributed by atoms with Crippen LogP contribution in [0.5, 0.6) is 0 Å². The van der Waals surface area contributed by atoms with Crippen LogP contribution in [0.3, 0.4) is 0 Å². The maximum atomic E-state index is 12.7. The van der Waals surface area contributed by atoms with Crippen LogP contribution < -0.4 is 4.89 Å². The number of esters is 1. The van der Waals surface area contributed by atoms with Gasteiger partial charge in [0.2, 0.25) is 0 Å². The molecule has 0 saturated carbocycles. The molecule has 0 radical (unpaired) electrons. The summed E-state index contributed by atoms with van der Waals surface area (Å²) in [5.74, 6) is -0.375. The average Bonchev–Trinajstić information content (AvgIpc) is 3.22. The number of unbranched alkanes of at least 4 members (excludes halogenated alkanes) is 10. The Labute approximate surface area is 374 Å². The summed E-state index contributed by atoms with van der Waals surface area (Å²) in [4.78, 5) is 25.1. The van der Waals surface area contributed by atoms with E-state index in [2.05, 4.69) is 123 Å². The van der Waals surface area contributed by atoms with Crippen molar-refractivity contribution in [3.05, 3.63) is 109 Å². The third kappa shape index (κ3) is 48.1. The SMILES string of the molecule is CC/C=C\C/C=C\C/C=C\C/C=C\C/C=C\C/C=C\C/C=C\CCCCCC(=O)OC(COCCCCCCCC/C=C\C/C=C\CCC)COP(=O)([O-])OCC[N+](C)(C)C. The van der Waals surface area contributed by atoms with Crippen molar-refractivity contribution in [2.45, 2.75) is 161 Å². The number of hydrogen-bond acceptors (Lipinski definition) is 7. The van der Waals surface area contributed by atoms with E-state index in [-0.39, 0.29) is 32.2 Å². The molecule has 0 bridgehead atoms. The van der Waals surface area contributed by atoms with E-state index in [1.54, 1.807) is 0 Å². The highest BCUT2D eigenvalue weighted by Crippen LogP contribution is 2.38. The maximum absolute atomic E-state index is 12.7. The highest BCUT2D eigenvalue weighted by molar-refractivity contribution is 7.45. The van der Waals surface area contributed by atoms with Gasteiger partial charge in [-0.2, -0.15) is 0 Å². The van der Waals surface area contributed by atoms with E-state index in [0.717, 1.165) is 103 Å². The third-order valence-corrected chi connectivity index (χ3v) is 10.3. The Morgan fingerprint density at radius 1 is 0.525 bits per heavy atom. The molecule has 2 atom stereocenters. The van der Waals surface area contributed by atoms with E-state index in [4.69, 9.17) is 18.5 Å². The smallest absolute Gasteiger partial charge is 0.306 e. The van der Waals surface area contributed by atoms with Crippen LogP contribution in [-0.2, 0) is 27.9 Å². The Kier molecular flexibility index (Phi) is 41.8. The molecule has 0 amide bonds. The zero-order valence-electron chi connectivity index (χ0n) is 39.3. The molecule has 0 rings (SSSR count). The second-order valence-corrected chi connectivity index (χ2v) is 17.8. The summed E-state index contributed by atoms with van der Waals surface area (Å²) < 4.78 is 34.6. The summed E-state index contributed by atoms with van der Waals surface area (Å²) in [6.45, 7) is 5.13. The quantitative estimate of drug-likeness (QED) is 0.0198. The van der Waals surface area contributed by atoms with Crippen LogP contribution >= 0.6 is 7.82 Å². The Bertz CT molecular complexity index is 1340. The van der Waals surface area contributed by atoms with E-state index in [1.165, 1.54) is 25.7 Å². The fourth-order valence-corrected chi connectivity index (χ4v) is 6.41. The maximum Gasteiger partial charge on any atom is 0.306 e. The molecule has 0 saturated heterocycles. The molecule has 0 spiro atoms. The lowest BCUT2D eigenvalue weighted by Gasteiger charge is -2.28. The molecule has 0 aliphatic carbocycles. The second-order valence-electron chi connectivity index (χ2n) is 16.4. The first-order valence-corrected chi connectivity index (χ1v) is 25.1. The first-order chi connectivity index (χ1) is 29.6. The van der Waals surface area contributed by atoms with Gasteiger partial charge in [0.1, 0.15) is 19.3 Å². The lowest BCUT2D eigenvalue weighted by atomic mass is 10.1. The minimum atomic E-state index is -4.55. The van der Waals surface area contributed by atoms with E-state index in [9.17, 15) is 14.3 Å². The minimum Gasteiger partial charge on any atom is -0.756 e. The Morgan fingerprint density at radius 2 is 0.951 bits per heavy atom. The Morgan fingerprint density at radius 3 is 1.43 bits per heavy atom. The van der Waals surface area contributed by atoms with Gasteiger partial charge in [-0.05, 0) is 96.3 Å². The van der Waals surface area contributed by atoms with Gasteiger partial charge in [-0.3, -0.25) is 9.36 Å². The summed E-state index contributed by atoms with van der Waals surface area (Å²) >= 11 is 0. The summed E-state index contributed by atoms with van der Waals surface area (Å²) in [5, 5.41) is 0. The fraction of sp³-hybridized carbons (Fsp3) is 0.635. The van der Waals surface area contributed by atoms with Crippen molar-refractivity contribution in [1.82, 2.24) is 0 Å². The van der Waals surface area contributed by atoms with Gasteiger partial charge >= 0.3 is 5.97 Å². The highest BCUT2D eigenvalue weighted by atomic mass is 31.2. The van der Waals surface area contributed by atoms with Gasteiger partial charge in [0.15, 0.2) is 0 Å². The van der Waals surface area contributed by atoms with Crippen molar-refractivity contribution >= 4 is 13.8 Å². The normalized spacial score (nSPS) is 14.7. The third-order valence-electron chi connectivity index (χ3n) is 9.29. The number of rotatable bonds is 42. The molecular weight excluding hydrogens is 782 g/mol. The first-order valence-electron chi connectivity index (χ1n) is 23.6. The number of likely N-dealkylation sites (N-methyl/N-ethyl adjacent to an activating group) is 1. The Hall–Kier alpha value is -2.84. The lowest BCUT2D eigenvalue weighted by molar-refractivity contribution is -0.870. The fourth-order valence-electron chi connectivity index (χ4n) is 5.68. The minimum absolute atomic E-state index is 0.0103. The van der Waals surface area contributed by atoms with Crippen LogP contribution in [0, 0.1) is 0 Å². The standard InChI is InChI=1S/C52H88NO7P/c1-6-8-10-12-14-16-18-20-22-23-24-25-26-27-28-29-30-31-32-33-35-37-39-41-43-45-52(54)60-51(50-59-61(55,56)58-48-46-53(3,4)5)49-57-47-44-42-40-38-36-34-21-19-17-15-13-11-9-7-2/h8,10-11,13-14,16-17,19-20,22,24-25,27-28,30-31,33,35,51H,6-7,9,12,15,18,21,23,26,29,32,34,36-50H2,1-5H3/b10-8-,13-11-,16-14-,19-17-,22-20-,25-24-,28-27-,31-30-,35-33-. The number of quaternary nitrogens is 1. The molecule has 0 aliphatic rings. The molecule has 9 heteroatoms. The molecule has 0 aromatic carbocycles. The number of allylic oxidation sites excluding steroid dienone is 18. The van der Waals surface area contributed by atoms with Crippen molar-refractivity contribution in [1.29, 1.82) is 0 Å². The van der Waals surface area contributed by atoms with E-state index >= 15 is 0 Å². The number of hydrogen-bond donors (Lipinski definition) is 0. The number of ether oxygens (including phenoxy) is 2. The predicted molar refractivity (Wildman–Crippen MR) is 258 cm³/mol. The van der Waals surface area contributed by atoms with Crippen LogP contribution in [0.25, 0.3) is 0 Å². The molecule has 0 N–H and O–H groups in total. The van der Waals surface area contributed by atoms with E-state index in [0.29, 0.717) is 24.1 Å².